The summed E-state index contributed by atoms with van der Waals surface area (Å²) in [6, 6.07) is 0. The molecule has 0 fully saturated rings. The van der Waals surface area contributed by atoms with E-state index in [0.29, 0.717) is 6.54 Å². The van der Waals surface area contributed by atoms with Gasteiger partial charge in [-0.2, -0.15) is 5.10 Å². The Morgan fingerprint density at radius 3 is 3.15 bits per heavy atom. The van der Waals surface area contributed by atoms with Crippen LogP contribution >= 0.6 is 0 Å². The van der Waals surface area contributed by atoms with Gasteiger partial charge in [-0.05, 0) is 12.2 Å². The lowest BCUT2D eigenvalue weighted by Crippen LogP contribution is -2.20. The second-order valence-electron chi connectivity index (χ2n) is 2.21. The fourth-order valence-corrected chi connectivity index (χ4v) is 0.687. The minimum Gasteiger partial charge on any atom is -0.349 e. The van der Waals surface area contributed by atoms with Gasteiger partial charge in [0.1, 0.15) is 12.7 Å². The van der Waals surface area contributed by atoms with E-state index >= 15 is 0 Å². The predicted molar refractivity (Wildman–Crippen MR) is 48.6 cm³/mol. The molecule has 0 unspecified atom stereocenters. The Morgan fingerprint density at radius 1 is 1.69 bits per heavy atom. The molecule has 0 aromatic carbocycles. The zero-order chi connectivity index (χ0) is 9.52. The molecule has 0 saturated heterocycles. The van der Waals surface area contributed by atoms with Crippen molar-refractivity contribution in [2.75, 3.05) is 6.54 Å². The summed E-state index contributed by atoms with van der Waals surface area (Å²) in [6.45, 7) is 3.77. The summed E-state index contributed by atoms with van der Waals surface area (Å²) in [6.07, 6.45) is 7.69. The van der Waals surface area contributed by atoms with Crippen molar-refractivity contribution in [3.63, 3.8) is 0 Å². The number of carbonyl (C=O) groups is 1. The van der Waals surface area contributed by atoms with E-state index in [9.17, 15) is 4.79 Å². The number of hydrogen-bond donors (Lipinski definition) is 1. The lowest BCUT2D eigenvalue weighted by molar-refractivity contribution is -0.116. The van der Waals surface area contributed by atoms with Crippen molar-refractivity contribution in [1.82, 2.24) is 20.1 Å². The van der Waals surface area contributed by atoms with Gasteiger partial charge in [-0.25, -0.2) is 9.67 Å². The van der Waals surface area contributed by atoms with Crippen LogP contribution in [-0.2, 0) is 4.79 Å². The summed E-state index contributed by atoms with van der Waals surface area (Å²) in [7, 11) is 0. The largest absolute Gasteiger partial charge is 0.349 e. The highest BCUT2D eigenvalue weighted by molar-refractivity contribution is 5.86. The molecule has 1 heterocycles. The first-order valence-electron chi connectivity index (χ1n) is 3.74. The highest BCUT2D eigenvalue weighted by Crippen LogP contribution is 1.80. The van der Waals surface area contributed by atoms with Crippen LogP contribution < -0.4 is 5.32 Å². The first-order valence-corrected chi connectivity index (χ1v) is 3.74. The Labute approximate surface area is 75.8 Å². The van der Waals surface area contributed by atoms with Crippen molar-refractivity contribution in [2.45, 2.75) is 0 Å². The number of rotatable bonds is 4. The van der Waals surface area contributed by atoms with Gasteiger partial charge >= 0.3 is 0 Å². The van der Waals surface area contributed by atoms with Crippen LogP contribution in [0.5, 0.6) is 0 Å². The van der Waals surface area contributed by atoms with Gasteiger partial charge in [0, 0.05) is 12.7 Å². The third-order valence-corrected chi connectivity index (χ3v) is 1.27. The summed E-state index contributed by atoms with van der Waals surface area (Å²) >= 11 is 0. The molecule has 0 bridgehead atoms. The van der Waals surface area contributed by atoms with Crippen molar-refractivity contribution in [1.29, 1.82) is 0 Å². The van der Waals surface area contributed by atoms with E-state index in [4.69, 9.17) is 0 Å². The van der Waals surface area contributed by atoms with Gasteiger partial charge in [-0.3, -0.25) is 4.79 Å². The molecular weight excluding hydrogens is 168 g/mol. The van der Waals surface area contributed by atoms with E-state index in [-0.39, 0.29) is 5.91 Å². The monoisotopic (exact) mass is 178 g/mol. The average molecular weight is 178 g/mol. The third-order valence-electron chi connectivity index (χ3n) is 1.27. The lowest BCUT2D eigenvalue weighted by Gasteiger charge is -1.94. The SMILES string of the molecule is C=CC(=O)NCC=Cn1cncn1. The van der Waals surface area contributed by atoms with Crippen LogP contribution in [0.2, 0.25) is 0 Å². The maximum absolute atomic E-state index is 10.7. The van der Waals surface area contributed by atoms with Crippen molar-refractivity contribution in [2.24, 2.45) is 0 Å². The average Bonchev–Trinajstić information content (AvgIpc) is 2.64. The van der Waals surface area contributed by atoms with Crippen LogP contribution in [0.15, 0.2) is 31.4 Å². The fraction of sp³-hybridized carbons (Fsp3) is 0.125. The number of amides is 1. The van der Waals surface area contributed by atoms with E-state index in [0.717, 1.165) is 0 Å². The van der Waals surface area contributed by atoms with Crippen molar-refractivity contribution < 1.29 is 4.79 Å². The molecule has 1 aromatic heterocycles. The van der Waals surface area contributed by atoms with Crippen molar-refractivity contribution in [3.05, 3.63) is 31.4 Å². The van der Waals surface area contributed by atoms with Gasteiger partial charge in [0.25, 0.3) is 0 Å². The van der Waals surface area contributed by atoms with E-state index in [2.05, 4.69) is 22.0 Å². The first-order chi connectivity index (χ1) is 6.33. The normalized spacial score (nSPS) is 10.2. The molecule has 0 atom stereocenters. The fourth-order valence-electron chi connectivity index (χ4n) is 0.687. The van der Waals surface area contributed by atoms with E-state index in [1.807, 2.05) is 0 Å². The molecule has 0 aliphatic heterocycles. The molecule has 0 aliphatic carbocycles. The molecule has 1 N–H and O–H groups in total. The minimum absolute atomic E-state index is 0.191. The second-order valence-corrected chi connectivity index (χ2v) is 2.21. The summed E-state index contributed by atoms with van der Waals surface area (Å²) in [5.41, 5.74) is 0. The minimum atomic E-state index is -0.191. The topological polar surface area (TPSA) is 59.8 Å². The van der Waals surface area contributed by atoms with Crippen LogP contribution in [0, 0.1) is 0 Å². The summed E-state index contributed by atoms with van der Waals surface area (Å²) < 4.78 is 1.54. The molecule has 0 radical (unpaired) electrons. The van der Waals surface area contributed by atoms with Crippen LogP contribution in [0.25, 0.3) is 6.20 Å². The summed E-state index contributed by atoms with van der Waals surface area (Å²) in [5, 5.41) is 6.43. The summed E-state index contributed by atoms with van der Waals surface area (Å²) in [4.78, 5) is 14.4. The van der Waals surface area contributed by atoms with E-state index in [1.165, 1.54) is 12.4 Å². The molecule has 0 spiro atoms. The smallest absolute Gasteiger partial charge is 0.243 e. The van der Waals surface area contributed by atoms with Gasteiger partial charge in [0.15, 0.2) is 0 Å². The second kappa shape index (κ2) is 4.87. The first kappa shape index (κ1) is 9.18. The highest BCUT2D eigenvalue weighted by atomic mass is 16.1. The molecular formula is C8H10N4O. The molecule has 5 heteroatoms. The van der Waals surface area contributed by atoms with Crippen molar-refractivity contribution in [3.8, 4) is 0 Å². The van der Waals surface area contributed by atoms with Crippen molar-refractivity contribution >= 4 is 12.1 Å². The number of nitrogens with one attached hydrogen (secondary N) is 1. The standard InChI is InChI=1S/C8H10N4O/c1-2-8(13)10-4-3-5-12-7-9-6-11-12/h2-3,5-7H,1,4H2,(H,10,13). The number of carbonyl (C=O) groups excluding carboxylic acids is 1. The zero-order valence-electron chi connectivity index (χ0n) is 7.05. The Morgan fingerprint density at radius 2 is 2.54 bits per heavy atom. The maximum atomic E-state index is 10.7. The van der Waals surface area contributed by atoms with Crippen LogP contribution in [0.1, 0.15) is 0 Å². The Balaban J connectivity index is 2.27. The van der Waals surface area contributed by atoms with Gasteiger partial charge in [-0.15, -0.1) is 0 Å². The summed E-state index contributed by atoms with van der Waals surface area (Å²) in [5.74, 6) is -0.191. The van der Waals surface area contributed by atoms with Crippen LogP contribution in [0.3, 0.4) is 0 Å². The quantitative estimate of drug-likeness (QED) is 0.663. The predicted octanol–water partition coefficient (Wildman–Crippen LogP) is 0.0510. The third kappa shape index (κ3) is 3.33. The lowest BCUT2D eigenvalue weighted by atomic mass is 10.5. The van der Waals surface area contributed by atoms with Gasteiger partial charge in [0.2, 0.25) is 5.91 Å². The molecule has 68 valence electrons. The number of hydrogen-bond acceptors (Lipinski definition) is 3. The Kier molecular flexibility index (Phi) is 3.44. The number of nitrogens with zero attached hydrogens (tertiary/aromatic N) is 3. The van der Waals surface area contributed by atoms with E-state index in [1.54, 1.807) is 23.3 Å². The molecule has 5 nitrogen and oxygen atoms in total. The van der Waals surface area contributed by atoms with Crippen LogP contribution in [-0.4, -0.2) is 27.2 Å². The molecule has 0 saturated carbocycles. The van der Waals surface area contributed by atoms with Gasteiger partial charge in [-0.1, -0.05) is 6.58 Å². The number of aromatic nitrogens is 3. The Bertz CT molecular complexity index is 302. The maximum Gasteiger partial charge on any atom is 0.243 e. The molecule has 0 aliphatic rings. The molecule has 13 heavy (non-hydrogen) atoms. The molecule has 1 aromatic rings. The van der Waals surface area contributed by atoms with Crippen LogP contribution in [0.4, 0.5) is 0 Å². The highest BCUT2D eigenvalue weighted by Gasteiger charge is 1.87. The molecule has 1 amide bonds. The van der Waals surface area contributed by atoms with Gasteiger partial charge in [0.05, 0.1) is 0 Å². The molecule has 1 rings (SSSR count). The van der Waals surface area contributed by atoms with E-state index < -0.39 is 0 Å². The zero-order valence-corrected chi connectivity index (χ0v) is 7.05. The van der Waals surface area contributed by atoms with Gasteiger partial charge < -0.3 is 5.32 Å². The Hall–Kier alpha value is -1.91.